The highest BCUT2D eigenvalue weighted by Crippen LogP contribution is 2.32. The van der Waals surface area contributed by atoms with Crippen molar-refractivity contribution in [3.8, 4) is 17.1 Å². The standard InChI is InChI=1S/C19H13N6/c1-2-6-13(7-3-1)25-17-14-8-4-9-20-15(14)12-24(17)16-18(25)23-11-5-10-21-19(23)22-16/h1-11H,12H2/q+1. The number of hydrogen-bond donors (Lipinski definition) is 0. The van der Waals surface area contributed by atoms with Crippen molar-refractivity contribution in [1.29, 1.82) is 0 Å². The lowest BCUT2D eigenvalue weighted by Crippen LogP contribution is -2.32. The number of rotatable bonds is 1. The molecule has 0 amide bonds. The molecule has 118 valence electrons. The monoisotopic (exact) mass is 325 g/mol. The number of fused-ring (bicyclic) bond motifs is 7. The first-order valence-corrected chi connectivity index (χ1v) is 8.19. The topological polar surface area (TPSA) is 51.9 Å². The van der Waals surface area contributed by atoms with Gasteiger partial charge < -0.3 is 0 Å². The fourth-order valence-corrected chi connectivity index (χ4v) is 3.73. The number of imidazole rings is 2. The molecule has 5 aromatic rings. The average molecular weight is 325 g/mol. The van der Waals surface area contributed by atoms with Crippen LogP contribution in [0, 0.1) is 0 Å². The van der Waals surface area contributed by atoms with Gasteiger partial charge in [0.05, 0.1) is 11.3 Å². The Bertz CT molecular complexity index is 1270. The van der Waals surface area contributed by atoms with Gasteiger partial charge in [-0.1, -0.05) is 23.2 Å². The Morgan fingerprint density at radius 2 is 1.80 bits per heavy atom. The molecule has 0 bridgehead atoms. The molecular formula is C19H13N6+. The van der Waals surface area contributed by atoms with Crippen molar-refractivity contribution in [3.63, 3.8) is 0 Å². The Labute approximate surface area is 142 Å². The van der Waals surface area contributed by atoms with Crippen LogP contribution in [-0.2, 0) is 6.54 Å². The average Bonchev–Trinajstić information content (AvgIpc) is 3.30. The SMILES string of the molecule is c1ccc(-n2c3[n+](c4nc5ncccn5c42)Cc2ncccc2-3)cc1. The molecule has 0 atom stereocenters. The molecule has 25 heavy (non-hydrogen) atoms. The molecule has 0 N–H and O–H groups in total. The minimum Gasteiger partial charge on any atom is -0.257 e. The predicted molar refractivity (Wildman–Crippen MR) is 92.3 cm³/mol. The van der Waals surface area contributed by atoms with Crippen molar-refractivity contribution < 1.29 is 4.57 Å². The van der Waals surface area contributed by atoms with Crippen molar-refractivity contribution in [3.05, 3.63) is 72.8 Å². The summed E-state index contributed by atoms with van der Waals surface area (Å²) in [5.41, 5.74) is 5.29. The molecule has 0 spiro atoms. The zero-order valence-corrected chi connectivity index (χ0v) is 13.2. The highest BCUT2D eigenvalue weighted by atomic mass is 15.3. The van der Waals surface area contributed by atoms with E-state index in [-0.39, 0.29) is 0 Å². The Morgan fingerprint density at radius 3 is 2.72 bits per heavy atom. The van der Waals surface area contributed by atoms with Crippen molar-refractivity contribution >= 4 is 17.1 Å². The fraction of sp³-hybridized carbons (Fsp3) is 0.0526. The van der Waals surface area contributed by atoms with Crippen molar-refractivity contribution in [2.75, 3.05) is 0 Å². The van der Waals surface area contributed by atoms with E-state index in [1.807, 2.05) is 35.0 Å². The van der Waals surface area contributed by atoms with Gasteiger partial charge in [-0.05, 0) is 30.3 Å². The smallest absolute Gasteiger partial charge is 0.257 e. The Hall–Kier alpha value is -3.54. The summed E-state index contributed by atoms with van der Waals surface area (Å²) in [5, 5.41) is 0. The molecule has 0 unspecified atom stereocenters. The van der Waals surface area contributed by atoms with Crippen LogP contribution in [0.2, 0.25) is 0 Å². The first-order chi connectivity index (χ1) is 12.4. The third kappa shape index (κ3) is 1.58. The Balaban J connectivity index is 1.84. The second kappa shape index (κ2) is 4.51. The maximum Gasteiger partial charge on any atom is 0.325 e. The van der Waals surface area contributed by atoms with Crippen LogP contribution in [-0.4, -0.2) is 23.9 Å². The van der Waals surface area contributed by atoms with E-state index in [1.165, 1.54) is 0 Å². The summed E-state index contributed by atoms with van der Waals surface area (Å²) in [6, 6.07) is 16.4. The van der Waals surface area contributed by atoms with Crippen molar-refractivity contribution in [2.24, 2.45) is 0 Å². The minimum atomic E-state index is 0.705. The van der Waals surface area contributed by atoms with Crippen molar-refractivity contribution in [2.45, 2.75) is 6.54 Å². The minimum absolute atomic E-state index is 0.705. The van der Waals surface area contributed by atoms with E-state index in [4.69, 9.17) is 4.98 Å². The van der Waals surface area contributed by atoms with Crippen molar-refractivity contribution in [1.82, 2.24) is 23.9 Å². The molecule has 1 aliphatic rings. The van der Waals surface area contributed by atoms with Gasteiger partial charge in [0.15, 0.2) is 0 Å². The molecule has 6 heteroatoms. The molecule has 1 aliphatic heterocycles. The quantitative estimate of drug-likeness (QED) is 0.436. The molecule has 6 nitrogen and oxygen atoms in total. The largest absolute Gasteiger partial charge is 0.325 e. The van der Waals surface area contributed by atoms with Gasteiger partial charge in [0, 0.05) is 18.6 Å². The summed E-state index contributed by atoms with van der Waals surface area (Å²) < 4.78 is 6.53. The van der Waals surface area contributed by atoms with Gasteiger partial charge in [0.2, 0.25) is 5.82 Å². The third-order valence-corrected chi connectivity index (χ3v) is 4.75. The van der Waals surface area contributed by atoms with Crippen LogP contribution in [0.4, 0.5) is 0 Å². The van der Waals surface area contributed by atoms with E-state index < -0.39 is 0 Å². The maximum absolute atomic E-state index is 4.78. The predicted octanol–water partition coefficient (Wildman–Crippen LogP) is 2.38. The molecule has 5 heterocycles. The summed E-state index contributed by atoms with van der Waals surface area (Å²) >= 11 is 0. The molecule has 1 aromatic carbocycles. The van der Waals surface area contributed by atoms with Crippen LogP contribution < -0.4 is 4.57 Å². The summed E-state index contributed by atoms with van der Waals surface area (Å²) in [4.78, 5) is 13.7. The van der Waals surface area contributed by atoms with Crippen LogP contribution in [0.3, 0.4) is 0 Å². The normalized spacial score (nSPS) is 12.6. The van der Waals surface area contributed by atoms with Gasteiger partial charge >= 0.3 is 11.4 Å². The summed E-state index contributed by atoms with van der Waals surface area (Å²) in [6.07, 6.45) is 5.63. The molecule has 0 radical (unpaired) electrons. The lowest BCUT2D eigenvalue weighted by Gasteiger charge is -2.03. The van der Waals surface area contributed by atoms with E-state index >= 15 is 0 Å². The summed E-state index contributed by atoms with van der Waals surface area (Å²) in [6.45, 7) is 0.728. The van der Waals surface area contributed by atoms with Crippen LogP contribution in [0.15, 0.2) is 67.1 Å². The first kappa shape index (κ1) is 12.8. The zero-order chi connectivity index (χ0) is 16.4. The molecule has 0 fully saturated rings. The summed E-state index contributed by atoms with van der Waals surface area (Å²) in [7, 11) is 0. The van der Waals surface area contributed by atoms with Gasteiger partial charge in [-0.2, -0.15) is 0 Å². The van der Waals surface area contributed by atoms with Gasteiger partial charge in [0.1, 0.15) is 12.2 Å². The number of benzene rings is 1. The number of para-hydroxylation sites is 1. The zero-order valence-electron chi connectivity index (χ0n) is 13.2. The second-order valence-corrected chi connectivity index (χ2v) is 6.13. The summed E-state index contributed by atoms with van der Waals surface area (Å²) in [5.74, 6) is 1.82. The van der Waals surface area contributed by atoms with Crippen LogP contribution >= 0.6 is 0 Å². The molecule has 6 rings (SSSR count). The van der Waals surface area contributed by atoms with E-state index in [0.717, 1.165) is 40.6 Å². The van der Waals surface area contributed by atoms with Gasteiger partial charge in [0.25, 0.3) is 5.65 Å². The molecule has 4 aromatic heterocycles. The molecule has 0 saturated carbocycles. The van der Waals surface area contributed by atoms with E-state index in [0.29, 0.717) is 5.78 Å². The van der Waals surface area contributed by atoms with E-state index in [1.54, 1.807) is 6.20 Å². The highest BCUT2D eigenvalue weighted by molar-refractivity contribution is 5.78. The molecule has 0 saturated heterocycles. The Kier molecular flexibility index (Phi) is 2.31. The van der Waals surface area contributed by atoms with Gasteiger partial charge in [-0.15, -0.1) is 0 Å². The van der Waals surface area contributed by atoms with Crippen LogP contribution in [0.25, 0.3) is 34.1 Å². The first-order valence-electron chi connectivity index (χ1n) is 8.19. The molecular weight excluding hydrogens is 312 g/mol. The fourth-order valence-electron chi connectivity index (χ4n) is 3.73. The van der Waals surface area contributed by atoms with Gasteiger partial charge in [-0.25, -0.2) is 18.5 Å². The third-order valence-electron chi connectivity index (χ3n) is 4.75. The lowest BCUT2D eigenvalue weighted by molar-refractivity contribution is -0.648. The van der Waals surface area contributed by atoms with Gasteiger partial charge in [-0.3, -0.25) is 4.98 Å². The number of pyridine rings is 1. The van der Waals surface area contributed by atoms with Crippen LogP contribution in [0.1, 0.15) is 5.69 Å². The Morgan fingerprint density at radius 1 is 0.920 bits per heavy atom. The van der Waals surface area contributed by atoms with E-state index in [2.05, 4.69) is 49.4 Å². The highest BCUT2D eigenvalue weighted by Gasteiger charge is 2.37. The van der Waals surface area contributed by atoms with E-state index in [9.17, 15) is 0 Å². The second-order valence-electron chi connectivity index (χ2n) is 6.13. The number of aromatic nitrogens is 6. The lowest BCUT2D eigenvalue weighted by atomic mass is 10.2. The molecule has 0 aliphatic carbocycles. The number of hydrogen-bond acceptors (Lipinski definition) is 3. The number of nitrogens with zero attached hydrogens (tertiary/aromatic N) is 6. The maximum atomic E-state index is 4.78. The van der Waals surface area contributed by atoms with Crippen LogP contribution in [0.5, 0.6) is 0 Å².